The molecule has 0 fully saturated rings. The summed E-state index contributed by atoms with van der Waals surface area (Å²) < 4.78 is 0. The van der Waals surface area contributed by atoms with Crippen molar-refractivity contribution in [1.29, 1.82) is 0 Å². The molecule has 2 heterocycles. The summed E-state index contributed by atoms with van der Waals surface area (Å²) in [6, 6.07) is 16.3. The second-order valence-electron chi connectivity index (χ2n) is 4.74. The Morgan fingerprint density at radius 2 is 1.86 bits per heavy atom. The number of thiophene rings is 1. The monoisotopic (exact) mass is 314 g/mol. The minimum absolute atomic E-state index is 0.772. The molecule has 2 aromatic heterocycles. The van der Waals surface area contributed by atoms with Gasteiger partial charge in [0.25, 0.3) is 0 Å². The average Bonchev–Trinajstić information content (AvgIpc) is 2.98. The third kappa shape index (κ3) is 3.91. The molecule has 3 aromatic rings. The van der Waals surface area contributed by atoms with E-state index in [0.717, 1.165) is 18.1 Å². The van der Waals surface area contributed by atoms with E-state index in [4.69, 9.17) is 11.6 Å². The predicted octanol–water partition coefficient (Wildman–Crippen LogP) is 4.75. The first-order valence-electron chi connectivity index (χ1n) is 6.75. The molecule has 0 radical (unpaired) electrons. The van der Waals surface area contributed by atoms with E-state index in [-0.39, 0.29) is 0 Å². The summed E-state index contributed by atoms with van der Waals surface area (Å²) in [5, 5.41) is 4.21. The topological polar surface area (TPSA) is 24.9 Å². The van der Waals surface area contributed by atoms with Crippen LogP contribution >= 0.6 is 22.9 Å². The molecule has 2 nitrogen and oxygen atoms in total. The third-order valence-corrected chi connectivity index (χ3v) is 4.53. The standard InChI is InChI=1S/C17H15ClN2S/c18-15-5-3-14(4-6-15)17-8-7-16(21-17)12-20-11-13-2-1-9-19-10-13/h1-10,20H,11-12H2. The van der Waals surface area contributed by atoms with Crippen molar-refractivity contribution in [2.45, 2.75) is 13.1 Å². The lowest BCUT2D eigenvalue weighted by Gasteiger charge is -2.02. The highest BCUT2D eigenvalue weighted by atomic mass is 35.5. The Labute approximate surface area is 133 Å². The van der Waals surface area contributed by atoms with Crippen molar-refractivity contribution < 1.29 is 0 Å². The summed E-state index contributed by atoms with van der Waals surface area (Å²) in [6.45, 7) is 1.70. The Bertz CT molecular complexity index is 692. The van der Waals surface area contributed by atoms with Gasteiger partial charge < -0.3 is 5.32 Å². The lowest BCUT2D eigenvalue weighted by atomic mass is 10.2. The first kappa shape index (κ1) is 14.3. The zero-order valence-electron chi connectivity index (χ0n) is 11.4. The van der Waals surface area contributed by atoms with Crippen LogP contribution in [0.5, 0.6) is 0 Å². The molecule has 1 aromatic carbocycles. The number of nitrogens with one attached hydrogen (secondary N) is 1. The number of pyridine rings is 1. The molecule has 0 unspecified atom stereocenters. The van der Waals surface area contributed by atoms with Crippen LogP contribution in [-0.4, -0.2) is 4.98 Å². The predicted molar refractivity (Wildman–Crippen MR) is 89.5 cm³/mol. The van der Waals surface area contributed by atoms with Crippen molar-refractivity contribution in [3.8, 4) is 10.4 Å². The summed E-state index contributed by atoms with van der Waals surface area (Å²) in [6.07, 6.45) is 3.68. The Morgan fingerprint density at radius 1 is 1.00 bits per heavy atom. The van der Waals surface area contributed by atoms with Crippen LogP contribution in [0.15, 0.2) is 60.9 Å². The number of aromatic nitrogens is 1. The van der Waals surface area contributed by atoms with Gasteiger partial charge in [0.05, 0.1) is 0 Å². The van der Waals surface area contributed by atoms with Crippen molar-refractivity contribution in [3.63, 3.8) is 0 Å². The van der Waals surface area contributed by atoms with Gasteiger partial charge in [0, 0.05) is 40.3 Å². The van der Waals surface area contributed by atoms with Gasteiger partial charge >= 0.3 is 0 Å². The maximum Gasteiger partial charge on any atom is 0.0406 e. The van der Waals surface area contributed by atoms with Crippen molar-refractivity contribution in [3.05, 3.63) is 76.4 Å². The van der Waals surface area contributed by atoms with E-state index in [9.17, 15) is 0 Å². The van der Waals surface area contributed by atoms with Crippen LogP contribution in [0.25, 0.3) is 10.4 Å². The number of hydrogen-bond donors (Lipinski definition) is 1. The Kier molecular flexibility index (Phi) is 4.65. The van der Waals surface area contributed by atoms with E-state index >= 15 is 0 Å². The van der Waals surface area contributed by atoms with Crippen molar-refractivity contribution in [2.24, 2.45) is 0 Å². The molecular formula is C17H15ClN2S. The van der Waals surface area contributed by atoms with Gasteiger partial charge in [-0.05, 0) is 41.5 Å². The smallest absolute Gasteiger partial charge is 0.0406 e. The summed E-state index contributed by atoms with van der Waals surface area (Å²) in [5.74, 6) is 0. The van der Waals surface area contributed by atoms with Gasteiger partial charge in [-0.2, -0.15) is 0 Å². The van der Waals surface area contributed by atoms with Gasteiger partial charge in [-0.15, -0.1) is 11.3 Å². The Morgan fingerprint density at radius 3 is 2.62 bits per heavy atom. The van der Waals surface area contributed by atoms with Crippen molar-refractivity contribution in [2.75, 3.05) is 0 Å². The van der Waals surface area contributed by atoms with Gasteiger partial charge in [-0.1, -0.05) is 29.8 Å². The largest absolute Gasteiger partial charge is 0.308 e. The third-order valence-electron chi connectivity index (χ3n) is 3.14. The average molecular weight is 315 g/mol. The zero-order chi connectivity index (χ0) is 14.5. The lowest BCUT2D eigenvalue weighted by molar-refractivity contribution is 0.699. The van der Waals surface area contributed by atoms with E-state index in [1.165, 1.54) is 20.9 Å². The molecule has 0 spiro atoms. The molecule has 21 heavy (non-hydrogen) atoms. The van der Waals surface area contributed by atoms with Gasteiger partial charge in [0.1, 0.15) is 0 Å². The molecule has 3 rings (SSSR count). The van der Waals surface area contributed by atoms with Gasteiger partial charge in [-0.25, -0.2) is 0 Å². The zero-order valence-corrected chi connectivity index (χ0v) is 13.0. The van der Waals surface area contributed by atoms with Crippen LogP contribution in [0.4, 0.5) is 0 Å². The van der Waals surface area contributed by atoms with E-state index in [0.29, 0.717) is 0 Å². The second kappa shape index (κ2) is 6.85. The number of halogens is 1. The van der Waals surface area contributed by atoms with Crippen LogP contribution in [0.1, 0.15) is 10.4 Å². The minimum Gasteiger partial charge on any atom is -0.308 e. The van der Waals surface area contributed by atoms with Crippen LogP contribution in [-0.2, 0) is 13.1 Å². The maximum absolute atomic E-state index is 5.92. The number of rotatable bonds is 5. The summed E-state index contributed by atoms with van der Waals surface area (Å²) in [7, 11) is 0. The van der Waals surface area contributed by atoms with Gasteiger partial charge in [0.2, 0.25) is 0 Å². The van der Waals surface area contributed by atoms with Crippen molar-refractivity contribution >= 4 is 22.9 Å². The molecule has 106 valence electrons. The SMILES string of the molecule is Clc1ccc(-c2ccc(CNCc3cccnc3)s2)cc1. The first-order chi connectivity index (χ1) is 10.3. The molecule has 0 saturated carbocycles. The molecule has 0 aliphatic rings. The van der Waals surface area contributed by atoms with Crippen LogP contribution in [0.3, 0.4) is 0 Å². The van der Waals surface area contributed by atoms with E-state index in [2.05, 4.69) is 40.6 Å². The fourth-order valence-corrected chi connectivity index (χ4v) is 3.18. The maximum atomic E-state index is 5.92. The number of hydrogen-bond acceptors (Lipinski definition) is 3. The molecule has 0 bridgehead atoms. The fraction of sp³-hybridized carbons (Fsp3) is 0.118. The molecule has 0 aliphatic carbocycles. The van der Waals surface area contributed by atoms with Crippen molar-refractivity contribution in [1.82, 2.24) is 10.3 Å². The van der Waals surface area contributed by atoms with E-state index in [1.807, 2.05) is 24.4 Å². The van der Waals surface area contributed by atoms with Crippen LogP contribution in [0, 0.1) is 0 Å². The summed E-state index contributed by atoms with van der Waals surface area (Å²) in [4.78, 5) is 6.70. The highest BCUT2D eigenvalue weighted by Gasteiger charge is 2.03. The minimum atomic E-state index is 0.772. The second-order valence-corrected chi connectivity index (χ2v) is 6.34. The lowest BCUT2D eigenvalue weighted by Crippen LogP contribution is -2.11. The number of benzene rings is 1. The normalized spacial score (nSPS) is 10.7. The quantitative estimate of drug-likeness (QED) is 0.735. The highest BCUT2D eigenvalue weighted by Crippen LogP contribution is 2.28. The van der Waals surface area contributed by atoms with E-state index in [1.54, 1.807) is 17.5 Å². The summed E-state index contributed by atoms with van der Waals surface area (Å²) in [5.41, 5.74) is 2.41. The number of nitrogens with zero attached hydrogens (tertiary/aromatic N) is 1. The Hall–Kier alpha value is -1.68. The summed E-state index contributed by atoms with van der Waals surface area (Å²) >= 11 is 7.73. The molecule has 4 heteroatoms. The van der Waals surface area contributed by atoms with Gasteiger partial charge in [-0.3, -0.25) is 4.98 Å². The first-order valence-corrected chi connectivity index (χ1v) is 7.95. The highest BCUT2D eigenvalue weighted by molar-refractivity contribution is 7.15. The van der Waals surface area contributed by atoms with Crippen LogP contribution in [0.2, 0.25) is 5.02 Å². The van der Waals surface area contributed by atoms with Gasteiger partial charge in [0.15, 0.2) is 0 Å². The van der Waals surface area contributed by atoms with Crippen LogP contribution < -0.4 is 5.32 Å². The molecule has 0 saturated heterocycles. The molecule has 0 aliphatic heterocycles. The Balaban J connectivity index is 1.59. The van der Waals surface area contributed by atoms with E-state index < -0.39 is 0 Å². The molecular weight excluding hydrogens is 300 g/mol. The molecule has 0 amide bonds. The molecule has 0 atom stereocenters. The fourth-order valence-electron chi connectivity index (χ4n) is 2.07. The molecule has 1 N–H and O–H groups in total.